The summed E-state index contributed by atoms with van der Waals surface area (Å²) in [5.74, 6) is 1.24. The molecule has 0 radical (unpaired) electrons. The van der Waals surface area contributed by atoms with Gasteiger partial charge in [-0.05, 0) is 42.5 Å². The Morgan fingerprint density at radius 3 is 2.62 bits per heavy atom. The average Bonchev–Trinajstić information content (AvgIpc) is 2.45. The van der Waals surface area contributed by atoms with Crippen molar-refractivity contribution in [2.24, 2.45) is 0 Å². The second-order valence-electron chi connectivity index (χ2n) is 5.54. The van der Waals surface area contributed by atoms with Gasteiger partial charge in [-0.3, -0.25) is 4.79 Å². The molecule has 3 nitrogen and oxygen atoms in total. The van der Waals surface area contributed by atoms with Crippen molar-refractivity contribution in [3.05, 3.63) is 59.2 Å². The highest BCUT2D eigenvalue weighted by Gasteiger charge is 2.21. The van der Waals surface area contributed by atoms with E-state index in [0.717, 1.165) is 0 Å². The molecule has 1 aliphatic rings. The van der Waals surface area contributed by atoms with Crippen LogP contribution in [0.2, 0.25) is 0 Å². The molecule has 0 aliphatic heterocycles. The van der Waals surface area contributed by atoms with E-state index in [2.05, 4.69) is 6.07 Å². The van der Waals surface area contributed by atoms with Crippen molar-refractivity contribution in [2.45, 2.75) is 25.2 Å². The fourth-order valence-corrected chi connectivity index (χ4v) is 2.71. The van der Waals surface area contributed by atoms with Gasteiger partial charge >= 0.3 is 0 Å². The van der Waals surface area contributed by atoms with Crippen LogP contribution in [0.15, 0.2) is 42.5 Å². The molecule has 0 saturated heterocycles. The summed E-state index contributed by atoms with van der Waals surface area (Å²) in [5, 5.41) is 0. The lowest BCUT2D eigenvalue weighted by Crippen LogP contribution is -2.11. The van der Waals surface area contributed by atoms with Crippen molar-refractivity contribution in [1.82, 2.24) is 0 Å². The lowest BCUT2D eigenvalue weighted by atomic mass is 9.79. The van der Waals surface area contributed by atoms with Gasteiger partial charge in [0.25, 0.3) is 0 Å². The summed E-state index contributed by atoms with van der Waals surface area (Å²) in [5.41, 5.74) is 8.92. The summed E-state index contributed by atoms with van der Waals surface area (Å²) in [6, 6.07) is 13.1. The van der Waals surface area contributed by atoms with Gasteiger partial charge in [-0.2, -0.15) is 0 Å². The Morgan fingerprint density at radius 2 is 2.00 bits per heavy atom. The normalized spacial score (nSPS) is 14.5. The molecule has 2 N–H and O–H groups in total. The number of ketones is 1. The minimum absolute atomic E-state index is 0.0312. The first-order valence-corrected chi connectivity index (χ1v) is 7.27. The molecule has 3 heteroatoms. The molecular weight excluding hydrogens is 262 g/mol. The van der Waals surface area contributed by atoms with E-state index in [9.17, 15) is 4.79 Å². The summed E-state index contributed by atoms with van der Waals surface area (Å²) in [4.78, 5) is 12.6. The second kappa shape index (κ2) is 5.60. The average molecular weight is 281 g/mol. The predicted molar refractivity (Wildman–Crippen MR) is 83.9 cm³/mol. The predicted octanol–water partition coefficient (Wildman–Crippen LogP) is 3.78. The fourth-order valence-electron chi connectivity index (χ4n) is 2.71. The standard InChI is InChI=1S/C18H19NO2/c1-21-15-8-9-16(17(19)11-15)18(20)14-7-3-6-13(10-14)12-4-2-5-12/h3,6-12H,2,4-5,19H2,1H3. The Hall–Kier alpha value is -2.29. The first-order valence-electron chi connectivity index (χ1n) is 7.27. The van der Waals surface area contributed by atoms with Crippen molar-refractivity contribution >= 4 is 11.5 Å². The van der Waals surface area contributed by atoms with E-state index in [1.165, 1.54) is 24.8 Å². The van der Waals surface area contributed by atoms with Gasteiger partial charge in [-0.15, -0.1) is 0 Å². The number of nitrogens with two attached hydrogens (primary N) is 1. The van der Waals surface area contributed by atoms with Gasteiger partial charge in [0.2, 0.25) is 0 Å². The van der Waals surface area contributed by atoms with E-state index in [4.69, 9.17) is 10.5 Å². The van der Waals surface area contributed by atoms with Crippen LogP contribution in [0, 0.1) is 0 Å². The summed E-state index contributed by atoms with van der Waals surface area (Å²) in [7, 11) is 1.58. The Morgan fingerprint density at radius 1 is 1.19 bits per heavy atom. The van der Waals surface area contributed by atoms with E-state index < -0.39 is 0 Å². The van der Waals surface area contributed by atoms with E-state index in [1.807, 2.05) is 18.2 Å². The van der Waals surface area contributed by atoms with Crippen LogP contribution in [0.4, 0.5) is 5.69 Å². The largest absolute Gasteiger partial charge is 0.497 e. The lowest BCUT2D eigenvalue weighted by molar-refractivity contribution is 0.103. The molecule has 2 aromatic carbocycles. The van der Waals surface area contributed by atoms with Gasteiger partial charge in [0, 0.05) is 22.9 Å². The van der Waals surface area contributed by atoms with Crippen molar-refractivity contribution in [2.75, 3.05) is 12.8 Å². The molecule has 0 atom stereocenters. The highest BCUT2D eigenvalue weighted by Crippen LogP contribution is 2.36. The van der Waals surface area contributed by atoms with Gasteiger partial charge in [0.15, 0.2) is 5.78 Å². The second-order valence-corrected chi connectivity index (χ2v) is 5.54. The van der Waals surface area contributed by atoms with Crippen LogP contribution in [0.25, 0.3) is 0 Å². The number of nitrogen functional groups attached to an aromatic ring is 1. The number of hydrogen-bond donors (Lipinski definition) is 1. The van der Waals surface area contributed by atoms with Crippen molar-refractivity contribution in [3.63, 3.8) is 0 Å². The lowest BCUT2D eigenvalue weighted by Gasteiger charge is -2.26. The third kappa shape index (κ3) is 2.64. The van der Waals surface area contributed by atoms with Gasteiger partial charge in [0.05, 0.1) is 7.11 Å². The van der Waals surface area contributed by atoms with Crippen molar-refractivity contribution < 1.29 is 9.53 Å². The van der Waals surface area contributed by atoms with Crippen molar-refractivity contribution in [3.8, 4) is 5.75 Å². The third-order valence-corrected chi connectivity index (χ3v) is 4.23. The molecule has 0 aromatic heterocycles. The quantitative estimate of drug-likeness (QED) is 0.685. The van der Waals surface area contributed by atoms with Gasteiger partial charge in [-0.1, -0.05) is 24.6 Å². The van der Waals surface area contributed by atoms with Crippen LogP contribution in [0.5, 0.6) is 5.75 Å². The Kier molecular flexibility index (Phi) is 3.65. The van der Waals surface area contributed by atoms with E-state index in [1.54, 1.807) is 25.3 Å². The number of rotatable bonds is 4. The molecule has 0 unspecified atom stereocenters. The molecule has 0 heterocycles. The van der Waals surface area contributed by atoms with E-state index in [0.29, 0.717) is 28.5 Å². The SMILES string of the molecule is COc1ccc(C(=O)c2cccc(C3CCC3)c2)c(N)c1. The molecule has 1 fully saturated rings. The van der Waals surface area contributed by atoms with Gasteiger partial charge in [0.1, 0.15) is 5.75 Å². The van der Waals surface area contributed by atoms with Crippen LogP contribution in [-0.4, -0.2) is 12.9 Å². The number of carbonyl (C=O) groups excluding carboxylic acids is 1. The summed E-state index contributed by atoms with van der Waals surface area (Å²) in [6.45, 7) is 0. The summed E-state index contributed by atoms with van der Waals surface area (Å²) in [6.07, 6.45) is 3.74. The topological polar surface area (TPSA) is 52.3 Å². The first kappa shape index (κ1) is 13.7. The number of anilines is 1. The van der Waals surface area contributed by atoms with E-state index in [-0.39, 0.29) is 5.78 Å². The maximum absolute atomic E-state index is 12.6. The smallest absolute Gasteiger partial charge is 0.195 e. The van der Waals surface area contributed by atoms with Crippen molar-refractivity contribution in [1.29, 1.82) is 0 Å². The minimum Gasteiger partial charge on any atom is -0.497 e. The maximum atomic E-state index is 12.6. The molecule has 0 bridgehead atoms. The molecule has 3 rings (SSSR count). The Bertz CT molecular complexity index is 675. The number of methoxy groups -OCH3 is 1. The number of benzene rings is 2. The van der Waals surface area contributed by atoms with Crippen LogP contribution < -0.4 is 10.5 Å². The summed E-state index contributed by atoms with van der Waals surface area (Å²) < 4.78 is 5.12. The first-order chi connectivity index (χ1) is 10.2. The van der Waals surface area contributed by atoms with E-state index >= 15 is 0 Å². The molecular formula is C18H19NO2. The van der Waals surface area contributed by atoms with Crippen LogP contribution in [0.3, 0.4) is 0 Å². The zero-order valence-electron chi connectivity index (χ0n) is 12.1. The number of hydrogen-bond acceptors (Lipinski definition) is 3. The van der Waals surface area contributed by atoms with Crippen LogP contribution in [0.1, 0.15) is 46.7 Å². The monoisotopic (exact) mass is 281 g/mol. The molecule has 1 saturated carbocycles. The highest BCUT2D eigenvalue weighted by molar-refractivity contribution is 6.12. The Labute approximate surface area is 124 Å². The highest BCUT2D eigenvalue weighted by atomic mass is 16.5. The third-order valence-electron chi connectivity index (χ3n) is 4.23. The number of ether oxygens (including phenoxy) is 1. The molecule has 0 spiro atoms. The molecule has 2 aromatic rings. The van der Waals surface area contributed by atoms with Gasteiger partial charge in [-0.25, -0.2) is 0 Å². The summed E-state index contributed by atoms with van der Waals surface area (Å²) >= 11 is 0. The molecule has 21 heavy (non-hydrogen) atoms. The zero-order chi connectivity index (χ0) is 14.8. The molecule has 108 valence electrons. The zero-order valence-corrected chi connectivity index (χ0v) is 12.1. The molecule has 0 amide bonds. The number of carbonyl (C=O) groups is 1. The Balaban J connectivity index is 1.91. The van der Waals surface area contributed by atoms with Gasteiger partial charge < -0.3 is 10.5 Å². The van der Waals surface area contributed by atoms with Crippen LogP contribution >= 0.6 is 0 Å². The van der Waals surface area contributed by atoms with Crippen LogP contribution in [-0.2, 0) is 0 Å². The maximum Gasteiger partial charge on any atom is 0.195 e. The fraction of sp³-hybridized carbons (Fsp3) is 0.278. The molecule has 1 aliphatic carbocycles. The minimum atomic E-state index is -0.0312.